The minimum atomic E-state index is -0.344. The Balaban J connectivity index is 2.51. The van der Waals surface area contributed by atoms with Gasteiger partial charge >= 0.3 is 0 Å². The van der Waals surface area contributed by atoms with Crippen LogP contribution in [0.4, 0.5) is 4.39 Å². The molecule has 0 bridgehead atoms. The second-order valence-corrected chi connectivity index (χ2v) is 6.51. The standard InChI is InChI=1S/C19H25FN2O/c1-12(2)22(13(3)4)11-15-9-16(23)6-7-17(15)18-8-14(5)21-10-19(18)20/h6-10,12-13,23H,11H2,1-5H3. The topological polar surface area (TPSA) is 36.4 Å². The minimum absolute atomic E-state index is 0.197. The number of halogens is 1. The summed E-state index contributed by atoms with van der Waals surface area (Å²) in [5, 5.41) is 9.87. The smallest absolute Gasteiger partial charge is 0.149 e. The molecule has 2 aromatic rings. The van der Waals surface area contributed by atoms with Gasteiger partial charge in [-0.2, -0.15) is 0 Å². The number of hydrogen-bond acceptors (Lipinski definition) is 3. The molecule has 0 amide bonds. The molecule has 4 heteroatoms. The monoisotopic (exact) mass is 316 g/mol. The van der Waals surface area contributed by atoms with Crippen LogP contribution in [0.5, 0.6) is 5.75 Å². The maximum atomic E-state index is 14.3. The summed E-state index contributed by atoms with van der Waals surface area (Å²) in [6.07, 6.45) is 1.25. The first-order chi connectivity index (χ1) is 10.8. The molecule has 0 aliphatic rings. The van der Waals surface area contributed by atoms with Gasteiger partial charge in [-0.25, -0.2) is 4.39 Å². The first-order valence-electron chi connectivity index (χ1n) is 7.99. The van der Waals surface area contributed by atoms with Crippen LogP contribution in [-0.2, 0) is 6.54 Å². The van der Waals surface area contributed by atoms with Gasteiger partial charge in [-0.05, 0) is 63.9 Å². The summed E-state index contributed by atoms with van der Waals surface area (Å²) < 4.78 is 14.3. The van der Waals surface area contributed by atoms with E-state index in [1.54, 1.807) is 24.3 Å². The van der Waals surface area contributed by atoms with Crippen molar-refractivity contribution in [3.63, 3.8) is 0 Å². The molecule has 2 rings (SSSR count). The van der Waals surface area contributed by atoms with Gasteiger partial charge in [0.25, 0.3) is 0 Å². The number of rotatable bonds is 5. The molecule has 1 aromatic carbocycles. The van der Waals surface area contributed by atoms with Crippen molar-refractivity contribution >= 4 is 0 Å². The Labute approximate surface area is 137 Å². The lowest BCUT2D eigenvalue weighted by atomic mass is 9.98. The van der Waals surface area contributed by atoms with Gasteiger partial charge in [-0.3, -0.25) is 9.88 Å². The average molecular weight is 316 g/mol. The summed E-state index contributed by atoms with van der Waals surface area (Å²) in [7, 11) is 0. The van der Waals surface area contributed by atoms with E-state index in [2.05, 4.69) is 37.6 Å². The number of aryl methyl sites for hydroxylation is 1. The molecule has 23 heavy (non-hydrogen) atoms. The number of nitrogens with zero attached hydrogens (tertiary/aromatic N) is 2. The Hall–Kier alpha value is -1.94. The van der Waals surface area contributed by atoms with Crippen molar-refractivity contribution in [1.82, 2.24) is 9.88 Å². The highest BCUT2D eigenvalue weighted by atomic mass is 19.1. The van der Waals surface area contributed by atoms with E-state index in [9.17, 15) is 9.50 Å². The van der Waals surface area contributed by atoms with Crippen LogP contribution in [0.1, 0.15) is 39.0 Å². The van der Waals surface area contributed by atoms with Gasteiger partial charge in [0.1, 0.15) is 11.6 Å². The highest BCUT2D eigenvalue weighted by Crippen LogP contribution is 2.31. The molecule has 0 radical (unpaired) electrons. The number of benzene rings is 1. The molecule has 0 saturated heterocycles. The minimum Gasteiger partial charge on any atom is -0.508 e. The van der Waals surface area contributed by atoms with Crippen molar-refractivity contribution in [2.45, 2.75) is 53.2 Å². The lowest BCUT2D eigenvalue weighted by Crippen LogP contribution is -2.36. The Morgan fingerprint density at radius 2 is 1.74 bits per heavy atom. The van der Waals surface area contributed by atoms with Crippen LogP contribution >= 0.6 is 0 Å². The number of phenolic OH excluding ortho intramolecular Hbond substituents is 1. The largest absolute Gasteiger partial charge is 0.508 e. The quantitative estimate of drug-likeness (QED) is 0.881. The van der Waals surface area contributed by atoms with E-state index >= 15 is 0 Å². The Morgan fingerprint density at radius 3 is 2.35 bits per heavy atom. The fourth-order valence-corrected chi connectivity index (χ4v) is 2.88. The van der Waals surface area contributed by atoms with Crippen LogP contribution in [0, 0.1) is 12.7 Å². The van der Waals surface area contributed by atoms with E-state index in [0.717, 1.165) is 16.8 Å². The molecule has 0 saturated carbocycles. The van der Waals surface area contributed by atoms with E-state index in [1.165, 1.54) is 6.20 Å². The number of phenols is 1. The Morgan fingerprint density at radius 1 is 1.09 bits per heavy atom. The predicted octanol–water partition coefficient (Wildman–Crippen LogP) is 4.52. The van der Waals surface area contributed by atoms with Crippen LogP contribution in [-0.4, -0.2) is 27.1 Å². The molecule has 0 aliphatic heterocycles. The normalized spacial score (nSPS) is 11.7. The lowest BCUT2D eigenvalue weighted by Gasteiger charge is -2.31. The summed E-state index contributed by atoms with van der Waals surface area (Å²) in [5.41, 5.74) is 3.01. The zero-order valence-corrected chi connectivity index (χ0v) is 14.5. The van der Waals surface area contributed by atoms with Gasteiger partial charge in [0, 0.05) is 29.9 Å². The van der Waals surface area contributed by atoms with Crippen LogP contribution in [0.3, 0.4) is 0 Å². The van der Waals surface area contributed by atoms with Crippen LogP contribution in [0.15, 0.2) is 30.5 Å². The van der Waals surface area contributed by atoms with Gasteiger partial charge in [0.2, 0.25) is 0 Å². The van der Waals surface area contributed by atoms with Gasteiger partial charge in [-0.1, -0.05) is 6.07 Å². The van der Waals surface area contributed by atoms with Crippen LogP contribution < -0.4 is 0 Å². The highest BCUT2D eigenvalue weighted by molar-refractivity contribution is 5.69. The molecule has 0 aliphatic carbocycles. The third kappa shape index (κ3) is 4.08. The van der Waals surface area contributed by atoms with E-state index < -0.39 is 0 Å². The van der Waals surface area contributed by atoms with Gasteiger partial charge in [0.05, 0.1) is 6.20 Å². The second kappa shape index (κ2) is 7.09. The molecular weight excluding hydrogens is 291 g/mol. The van der Waals surface area contributed by atoms with Crippen LogP contribution in [0.25, 0.3) is 11.1 Å². The van der Waals surface area contributed by atoms with E-state index in [4.69, 9.17) is 0 Å². The molecule has 1 heterocycles. The fourth-order valence-electron chi connectivity index (χ4n) is 2.88. The number of aromatic nitrogens is 1. The van der Waals surface area contributed by atoms with Crippen molar-refractivity contribution in [3.05, 3.63) is 47.5 Å². The molecule has 1 N–H and O–H groups in total. The van der Waals surface area contributed by atoms with Gasteiger partial charge in [-0.15, -0.1) is 0 Å². The summed E-state index contributed by atoms with van der Waals surface area (Å²) in [4.78, 5) is 6.30. The van der Waals surface area contributed by atoms with Crippen LogP contribution in [0.2, 0.25) is 0 Å². The number of hydrogen-bond donors (Lipinski definition) is 1. The van der Waals surface area contributed by atoms with Crippen molar-refractivity contribution in [2.75, 3.05) is 0 Å². The third-order valence-electron chi connectivity index (χ3n) is 4.05. The summed E-state index contributed by atoms with van der Waals surface area (Å²) >= 11 is 0. The zero-order valence-electron chi connectivity index (χ0n) is 14.5. The fraction of sp³-hybridized carbons (Fsp3) is 0.421. The van der Waals surface area contributed by atoms with Crippen molar-refractivity contribution in [2.24, 2.45) is 0 Å². The molecular formula is C19H25FN2O. The first kappa shape index (κ1) is 17.4. The maximum Gasteiger partial charge on any atom is 0.149 e. The molecule has 3 nitrogen and oxygen atoms in total. The molecule has 124 valence electrons. The first-order valence-corrected chi connectivity index (χ1v) is 7.99. The molecule has 1 aromatic heterocycles. The molecule has 0 spiro atoms. The van der Waals surface area contributed by atoms with E-state index in [1.807, 2.05) is 6.92 Å². The zero-order chi connectivity index (χ0) is 17.1. The van der Waals surface area contributed by atoms with Gasteiger partial charge in [0.15, 0.2) is 0 Å². The second-order valence-electron chi connectivity index (χ2n) is 6.51. The molecule has 0 unspecified atom stereocenters. The summed E-state index contributed by atoms with van der Waals surface area (Å²) in [6, 6.07) is 7.57. The maximum absolute atomic E-state index is 14.3. The molecule has 0 fully saturated rings. The third-order valence-corrected chi connectivity index (χ3v) is 4.05. The molecule has 0 atom stereocenters. The van der Waals surface area contributed by atoms with Crippen molar-refractivity contribution < 1.29 is 9.50 Å². The number of pyridine rings is 1. The van der Waals surface area contributed by atoms with E-state index in [-0.39, 0.29) is 11.6 Å². The average Bonchev–Trinajstić information content (AvgIpc) is 2.47. The lowest BCUT2D eigenvalue weighted by molar-refractivity contribution is 0.166. The highest BCUT2D eigenvalue weighted by Gasteiger charge is 2.18. The summed E-state index contributed by atoms with van der Waals surface area (Å²) in [5.74, 6) is -0.148. The Bertz CT molecular complexity index is 675. The predicted molar refractivity (Wildman–Crippen MR) is 91.8 cm³/mol. The SMILES string of the molecule is Cc1cc(-c2ccc(O)cc2CN(C(C)C)C(C)C)c(F)cn1. The van der Waals surface area contributed by atoms with Gasteiger partial charge < -0.3 is 5.11 Å². The van der Waals surface area contributed by atoms with Crippen molar-refractivity contribution in [1.29, 1.82) is 0 Å². The summed E-state index contributed by atoms with van der Waals surface area (Å²) in [6.45, 7) is 11.1. The van der Waals surface area contributed by atoms with Crippen molar-refractivity contribution in [3.8, 4) is 16.9 Å². The number of aromatic hydroxyl groups is 1. The Kier molecular flexibility index (Phi) is 5.37. The van der Waals surface area contributed by atoms with E-state index in [0.29, 0.717) is 24.2 Å².